The molecule has 0 unspecified atom stereocenters. The maximum atomic E-state index is 11.4. The quantitative estimate of drug-likeness (QED) is 0.360. The number of carboxylic acid groups (broad SMARTS) is 1. The number of rotatable bonds is 7. The summed E-state index contributed by atoms with van der Waals surface area (Å²) in [7, 11) is 1.90. The summed E-state index contributed by atoms with van der Waals surface area (Å²) in [5.74, 6) is 0.995. The van der Waals surface area contributed by atoms with Gasteiger partial charge in [-0.3, -0.25) is 0 Å². The molecule has 11 heteroatoms. The number of ether oxygens (including phenoxy) is 1. The molecule has 4 heterocycles. The number of nitrogens with zero attached hydrogens (tertiary/aromatic N) is 6. The maximum absolute atomic E-state index is 11.4. The summed E-state index contributed by atoms with van der Waals surface area (Å²) in [6.45, 7) is 5.27. The number of hydrogen-bond donors (Lipinski definition) is 2. The van der Waals surface area contributed by atoms with Crippen LogP contribution in [0.15, 0.2) is 36.5 Å². The number of morpholine rings is 1. The van der Waals surface area contributed by atoms with E-state index in [1.807, 2.05) is 43.1 Å². The van der Waals surface area contributed by atoms with Crippen LogP contribution in [0.4, 0.5) is 17.5 Å². The molecule has 0 atom stereocenters. The van der Waals surface area contributed by atoms with Gasteiger partial charge in [0, 0.05) is 42.5 Å². The lowest BCUT2D eigenvalue weighted by atomic mass is 10.2. The highest BCUT2D eigenvalue weighted by molar-refractivity contribution is 7.19. The van der Waals surface area contributed by atoms with Crippen molar-refractivity contribution in [3.8, 4) is 11.4 Å². The van der Waals surface area contributed by atoms with Crippen LogP contribution in [-0.2, 0) is 17.7 Å². The summed E-state index contributed by atoms with van der Waals surface area (Å²) < 4.78 is 6.58. The Bertz CT molecular complexity index is 1420. The van der Waals surface area contributed by atoms with Gasteiger partial charge in [-0.15, -0.1) is 11.3 Å². The molecule has 1 aliphatic rings. The summed E-state index contributed by atoms with van der Waals surface area (Å²) in [4.78, 5) is 35.3. The van der Waals surface area contributed by atoms with Gasteiger partial charge in [-0.1, -0.05) is 19.1 Å². The molecule has 1 aromatic carbocycles. The van der Waals surface area contributed by atoms with Crippen LogP contribution in [0.2, 0.25) is 0 Å². The monoisotopic (exact) mass is 505 g/mol. The van der Waals surface area contributed by atoms with Crippen molar-refractivity contribution < 1.29 is 14.6 Å². The number of nitrogen functional groups attached to an aromatic ring is 1. The molecule has 1 saturated heterocycles. The topological polar surface area (TPSA) is 131 Å². The smallest absolute Gasteiger partial charge is 0.339 e. The Morgan fingerprint density at radius 3 is 2.75 bits per heavy atom. The molecule has 186 valence electrons. The molecular weight excluding hydrogens is 478 g/mol. The van der Waals surface area contributed by atoms with E-state index in [2.05, 4.69) is 20.9 Å². The second-order valence-electron chi connectivity index (χ2n) is 8.57. The number of carboxylic acids is 1. The molecule has 0 aliphatic carbocycles. The number of thiophene rings is 1. The van der Waals surface area contributed by atoms with E-state index < -0.39 is 5.97 Å². The van der Waals surface area contributed by atoms with E-state index >= 15 is 0 Å². The van der Waals surface area contributed by atoms with Crippen LogP contribution in [0.25, 0.3) is 21.6 Å². The highest BCUT2D eigenvalue weighted by Crippen LogP contribution is 2.35. The van der Waals surface area contributed by atoms with Crippen molar-refractivity contribution in [2.45, 2.75) is 19.9 Å². The normalized spacial score (nSPS) is 13.8. The molecule has 0 saturated carbocycles. The van der Waals surface area contributed by atoms with Crippen LogP contribution >= 0.6 is 11.3 Å². The van der Waals surface area contributed by atoms with Crippen molar-refractivity contribution >= 4 is 45.0 Å². The average Bonchev–Trinajstić information content (AvgIpc) is 3.30. The summed E-state index contributed by atoms with van der Waals surface area (Å²) in [5, 5.41) is 9.37. The van der Waals surface area contributed by atoms with Gasteiger partial charge in [0.15, 0.2) is 11.6 Å². The second kappa shape index (κ2) is 10.0. The van der Waals surface area contributed by atoms with E-state index in [4.69, 9.17) is 20.4 Å². The van der Waals surface area contributed by atoms with Gasteiger partial charge in [-0.05, 0) is 24.6 Å². The van der Waals surface area contributed by atoms with Crippen molar-refractivity contribution in [2.24, 2.45) is 0 Å². The third-order valence-corrected chi connectivity index (χ3v) is 7.12. The fourth-order valence-corrected chi connectivity index (χ4v) is 5.35. The van der Waals surface area contributed by atoms with Crippen LogP contribution in [-0.4, -0.2) is 64.4 Å². The molecule has 1 aliphatic heterocycles. The number of anilines is 3. The van der Waals surface area contributed by atoms with Gasteiger partial charge in [-0.25, -0.2) is 24.7 Å². The standard InChI is InChI=1S/C25H27N7O3S/c1-3-19-18(24(33)34)13-27-25(29-19)31(2)14-17-12-20-21(36-17)23(32-7-9-35-10-8-32)30-22(28-20)15-5-4-6-16(26)11-15/h4-6,11-13H,3,7-10,14,26H2,1-2H3,(H,33,34). The fourth-order valence-electron chi connectivity index (χ4n) is 4.18. The first kappa shape index (κ1) is 23.9. The van der Waals surface area contributed by atoms with Gasteiger partial charge in [0.2, 0.25) is 5.95 Å². The first-order valence-corrected chi connectivity index (χ1v) is 12.5. The van der Waals surface area contributed by atoms with Crippen molar-refractivity contribution in [3.05, 3.63) is 52.7 Å². The molecule has 1 fully saturated rings. The van der Waals surface area contributed by atoms with Crippen molar-refractivity contribution in [3.63, 3.8) is 0 Å². The molecule has 3 N–H and O–H groups in total. The van der Waals surface area contributed by atoms with Gasteiger partial charge in [0.1, 0.15) is 0 Å². The summed E-state index contributed by atoms with van der Waals surface area (Å²) >= 11 is 1.64. The van der Waals surface area contributed by atoms with Crippen LogP contribution in [0.1, 0.15) is 27.9 Å². The summed E-state index contributed by atoms with van der Waals surface area (Å²) in [5.41, 5.74) is 9.08. The molecule has 0 spiro atoms. The Labute approximate surface area is 212 Å². The van der Waals surface area contributed by atoms with E-state index in [9.17, 15) is 9.90 Å². The summed E-state index contributed by atoms with van der Waals surface area (Å²) in [6.07, 6.45) is 1.89. The zero-order valence-corrected chi connectivity index (χ0v) is 21.0. The van der Waals surface area contributed by atoms with E-state index in [1.165, 1.54) is 6.20 Å². The number of aromatic nitrogens is 4. The second-order valence-corrected chi connectivity index (χ2v) is 9.70. The Hall–Kier alpha value is -3.83. The lowest BCUT2D eigenvalue weighted by Crippen LogP contribution is -2.36. The van der Waals surface area contributed by atoms with Crippen LogP contribution in [0.5, 0.6) is 0 Å². The molecule has 3 aromatic heterocycles. The van der Waals surface area contributed by atoms with E-state index in [1.54, 1.807) is 11.3 Å². The molecule has 4 aromatic rings. The lowest BCUT2D eigenvalue weighted by molar-refractivity contribution is 0.0694. The largest absolute Gasteiger partial charge is 0.478 e. The number of benzene rings is 1. The molecule has 0 bridgehead atoms. The fraction of sp³-hybridized carbons (Fsp3) is 0.320. The highest BCUT2D eigenvalue weighted by atomic mass is 32.1. The highest BCUT2D eigenvalue weighted by Gasteiger charge is 2.21. The number of nitrogens with two attached hydrogens (primary N) is 1. The Morgan fingerprint density at radius 1 is 1.22 bits per heavy atom. The number of hydrogen-bond acceptors (Lipinski definition) is 10. The molecular formula is C25H27N7O3S. The predicted octanol–water partition coefficient (Wildman–Crippen LogP) is 3.46. The average molecular weight is 506 g/mol. The zero-order valence-electron chi connectivity index (χ0n) is 20.1. The molecule has 0 amide bonds. The minimum absolute atomic E-state index is 0.135. The van der Waals surface area contributed by atoms with Crippen molar-refractivity contribution in [1.82, 2.24) is 19.9 Å². The Morgan fingerprint density at radius 2 is 2.03 bits per heavy atom. The van der Waals surface area contributed by atoms with Gasteiger partial charge >= 0.3 is 5.97 Å². The van der Waals surface area contributed by atoms with Gasteiger partial charge in [-0.2, -0.15) is 0 Å². The first-order valence-electron chi connectivity index (χ1n) is 11.7. The molecule has 5 rings (SSSR count). The minimum atomic E-state index is -1.02. The van der Waals surface area contributed by atoms with Crippen LogP contribution in [0, 0.1) is 0 Å². The van der Waals surface area contributed by atoms with E-state index in [0.717, 1.165) is 39.6 Å². The first-order chi connectivity index (χ1) is 17.4. The number of aromatic carboxylic acids is 1. The zero-order chi connectivity index (χ0) is 25.2. The minimum Gasteiger partial charge on any atom is -0.478 e. The Kier molecular flexibility index (Phi) is 6.66. The van der Waals surface area contributed by atoms with Gasteiger partial charge in [0.05, 0.1) is 41.2 Å². The Balaban J connectivity index is 1.51. The molecule has 36 heavy (non-hydrogen) atoms. The van der Waals surface area contributed by atoms with E-state index in [-0.39, 0.29) is 5.56 Å². The third kappa shape index (κ3) is 4.79. The summed E-state index contributed by atoms with van der Waals surface area (Å²) in [6, 6.07) is 9.67. The number of aryl methyl sites for hydroxylation is 1. The number of carbonyl (C=O) groups is 1. The van der Waals surface area contributed by atoms with Crippen LogP contribution < -0.4 is 15.5 Å². The third-order valence-electron chi connectivity index (χ3n) is 6.01. The molecule has 10 nitrogen and oxygen atoms in total. The molecule has 0 radical (unpaired) electrons. The predicted molar refractivity (Wildman–Crippen MR) is 141 cm³/mol. The van der Waals surface area contributed by atoms with Gasteiger partial charge in [0.25, 0.3) is 0 Å². The van der Waals surface area contributed by atoms with Gasteiger partial charge < -0.3 is 25.4 Å². The van der Waals surface area contributed by atoms with Crippen molar-refractivity contribution in [1.29, 1.82) is 0 Å². The van der Waals surface area contributed by atoms with E-state index in [0.29, 0.717) is 49.3 Å². The van der Waals surface area contributed by atoms with Crippen molar-refractivity contribution in [2.75, 3.05) is 48.9 Å². The maximum Gasteiger partial charge on any atom is 0.339 e. The lowest BCUT2D eigenvalue weighted by Gasteiger charge is -2.28. The SMILES string of the molecule is CCc1nc(N(C)Cc2cc3nc(-c4cccc(N)c4)nc(N4CCOCC4)c3s2)ncc1C(=O)O. The number of fused-ring (bicyclic) bond motifs is 1. The van der Waals surface area contributed by atoms with Crippen LogP contribution in [0.3, 0.4) is 0 Å².